The van der Waals surface area contributed by atoms with Crippen molar-refractivity contribution < 1.29 is 0 Å². The molecule has 1 aromatic carbocycles. The molecule has 2 aliphatic rings. The summed E-state index contributed by atoms with van der Waals surface area (Å²) in [6, 6.07) is 10.4. The maximum absolute atomic E-state index is 12.4. The van der Waals surface area contributed by atoms with Crippen LogP contribution in [-0.2, 0) is 0 Å². The van der Waals surface area contributed by atoms with E-state index in [4.69, 9.17) is 10.5 Å². The third-order valence-corrected chi connectivity index (χ3v) is 5.30. The largest absolute Gasteiger partial charge is 0.288 e. The predicted molar refractivity (Wildman–Crippen MR) is 97.6 cm³/mol. The highest BCUT2D eigenvalue weighted by molar-refractivity contribution is 8.93. The Hall–Kier alpha value is -1.58. The maximum Gasteiger partial charge on any atom is 0.205 e. The zero-order valence-electron chi connectivity index (χ0n) is 10.7. The molecule has 0 unspecified atom stereocenters. The summed E-state index contributed by atoms with van der Waals surface area (Å²) in [5.41, 5.74) is -0.533. The zero-order valence-corrected chi connectivity index (χ0v) is 15.7. The molecule has 1 aromatic rings. The zero-order chi connectivity index (χ0) is 14.3. The Morgan fingerprint density at radius 1 is 0.773 bits per heavy atom. The summed E-state index contributed by atoms with van der Waals surface area (Å²) in [5.74, 6) is 0. The van der Waals surface area contributed by atoms with Crippen LogP contribution in [-0.4, -0.2) is 0 Å². The van der Waals surface area contributed by atoms with Crippen LogP contribution < -0.4 is 10.9 Å². The number of hydrogen-bond acceptors (Lipinski definition) is 6. The number of benzene rings is 1. The van der Waals surface area contributed by atoms with Crippen LogP contribution >= 0.6 is 56.6 Å². The third kappa shape index (κ3) is 2.71. The number of nitrogens with zero attached hydrogens (tertiary/aromatic N) is 2. The fourth-order valence-corrected chi connectivity index (χ4v) is 4.01. The second-order valence-corrected chi connectivity index (χ2v) is 5.99. The molecule has 1 aliphatic carbocycles. The Balaban J connectivity index is 0.00000121. The van der Waals surface area contributed by atoms with Crippen LogP contribution in [0.15, 0.2) is 33.9 Å². The molecule has 0 fully saturated rings. The van der Waals surface area contributed by atoms with Gasteiger partial charge in [0.1, 0.15) is 21.9 Å². The van der Waals surface area contributed by atoms with Crippen molar-refractivity contribution in [2.24, 2.45) is 0 Å². The number of rotatable bonds is 0. The Labute approximate surface area is 153 Å². The number of halogens is 2. The molecular weight excluding hydrogens is 452 g/mol. The SMILES string of the molecule is Br.Br.N#Cc1sc2c(=O)c3ccccc3c(=O)c=2sc1C#N. The molecule has 0 saturated heterocycles. The topological polar surface area (TPSA) is 81.7 Å². The number of nitriles is 2. The molecule has 0 saturated carbocycles. The highest BCUT2D eigenvalue weighted by Crippen LogP contribution is 2.20. The van der Waals surface area contributed by atoms with Crippen LogP contribution in [0, 0.1) is 31.7 Å². The molecular formula is C14H6Br2N2O2S2. The molecule has 0 bridgehead atoms. The second kappa shape index (κ2) is 7.12. The van der Waals surface area contributed by atoms with Crippen molar-refractivity contribution in [3.8, 4) is 12.1 Å². The van der Waals surface area contributed by atoms with Crippen LogP contribution in [0.3, 0.4) is 0 Å². The lowest BCUT2D eigenvalue weighted by Gasteiger charge is -1.98. The summed E-state index contributed by atoms with van der Waals surface area (Å²) in [6.45, 7) is 0. The van der Waals surface area contributed by atoms with Crippen LogP contribution in [0.2, 0.25) is 0 Å². The van der Waals surface area contributed by atoms with Crippen molar-refractivity contribution >= 4 is 67.4 Å². The summed E-state index contributed by atoms with van der Waals surface area (Å²) >= 11 is 1.82. The van der Waals surface area contributed by atoms with Gasteiger partial charge in [-0.1, -0.05) is 24.3 Å². The summed E-state index contributed by atoms with van der Waals surface area (Å²) in [5, 5.41) is 18.7. The average Bonchev–Trinajstić information content (AvgIpc) is 2.51. The van der Waals surface area contributed by atoms with E-state index in [9.17, 15) is 9.59 Å². The highest BCUT2D eigenvalue weighted by atomic mass is 79.9. The van der Waals surface area contributed by atoms with Crippen LogP contribution in [0.25, 0.3) is 10.8 Å². The molecule has 3 rings (SSSR count). The van der Waals surface area contributed by atoms with Gasteiger partial charge in [0.25, 0.3) is 0 Å². The van der Waals surface area contributed by atoms with Crippen molar-refractivity contribution in [2.75, 3.05) is 0 Å². The van der Waals surface area contributed by atoms with Gasteiger partial charge in [0.2, 0.25) is 10.9 Å². The van der Waals surface area contributed by atoms with Gasteiger partial charge in [-0.3, -0.25) is 9.59 Å². The number of hydrogen-bond donors (Lipinski definition) is 0. The van der Waals surface area contributed by atoms with E-state index in [0.29, 0.717) is 10.8 Å². The molecule has 0 atom stereocenters. The fraction of sp³-hybridized carbons (Fsp3) is 0. The van der Waals surface area contributed by atoms with E-state index >= 15 is 0 Å². The smallest absolute Gasteiger partial charge is 0.205 e. The average molecular weight is 458 g/mol. The predicted octanol–water partition coefficient (Wildman–Crippen LogP) is 3.31. The lowest BCUT2D eigenvalue weighted by Crippen LogP contribution is -2.13. The highest BCUT2D eigenvalue weighted by Gasteiger charge is 2.12. The van der Waals surface area contributed by atoms with Gasteiger partial charge in [0.05, 0.1) is 9.06 Å². The first-order valence-electron chi connectivity index (χ1n) is 5.50. The van der Waals surface area contributed by atoms with E-state index in [1.807, 2.05) is 12.1 Å². The van der Waals surface area contributed by atoms with Crippen molar-refractivity contribution in [3.05, 3.63) is 63.5 Å². The maximum atomic E-state index is 12.4. The summed E-state index contributed by atoms with van der Waals surface area (Å²) in [4.78, 5) is 25.1. The normalized spacial score (nSPS) is 9.36. The Morgan fingerprint density at radius 2 is 1.14 bits per heavy atom. The van der Waals surface area contributed by atoms with E-state index in [2.05, 4.69) is 0 Å². The van der Waals surface area contributed by atoms with Gasteiger partial charge in [-0.15, -0.1) is 56.6 Å². The molecule has 1 aliphatic heterocycles. The summed E-state index contributed by atoms with van der Waals surface area (Å²) in [7, 11) is 0. The molecule has 0 aromatic heterocycles. The molecule has 1 heterocycles. The van der Waals surface area contributed by atoms with Gasteiger partial charge in [-0.2, -0.15) is 10.5 Å². The molecule has 4 nitrogen and oxygen atoms in total. The van der Waals surface area contributed by atoms with Crippen molar-refractivity contribution in [3.63, 3.8) is 0 Å². The minimum atomic E-state index is -0.266. The molecule has 0 N–H and O–H groups in total. The van der Waals surface area contributed by atoms with E-state index in [1.54, 1.807) is 24.3 Å². The second-order valence-electron chi connectivity index (χ2n) is 3.95. The lowest BCUT2D eigenvalue weighted by atomic mass is 10.1. The van der Waals surface area contributed by atoms with Gasteiger partial charge in [0.15, 0.2) is 0 Å². The van der Waals surface area contributed by atoms with Crippen molar-refractivity contribution in [1.82, 2.24) is 0 Å². The molecule has 110 valence electrons. The lowest BCUT2D eigenvalue weighted by molar-refractivity contribution is 1.49. The van der Waals surface area contributed by atoms with E-state index in [1.165, 1.54) is 0 Å². The first-order valence-corrected chi connectivity index (χ1v) is 7.13. The molecule has 0 amide bonds. The summed E-state index contributed by atoms with van der Waals surface area (Å²) in [6.07, 6.45) is 0. The van der Waals surface area contributed by atoms with Crippen molar-refractivity contribution in [1.29, 1.82) is 10.5 Å². The van der Waals surface area contributed by atoms with Gasteiger partial charge >= 0.3 is 0 Å². The van der Waals surface area contributed by atoms with E-state index in [-0.39, 0.29) is 63.6 Å². The quantitative estimate of drug-likeness (QED) is 0.518. The van der Waals surface area contributed by atoms with Crippen molar-refractivity contribution in [2.45, 2.75) is 0 Å². The van der Waals surface area contributed by atoms with Crippen LogP contribution in [0.5, 0.6) is 0 Å². The molecule has 0 radical (unpaired) electrons. The summed E-state index contributed by atoms with van der Waals surface area (Å²) < 4.78 is 0.489. The van der Waals surface area contributed by atoms with Crippen LogP contribution in [0.4, 0.5) is 0 Å². The minimum Gasteiger partial charge on any atom is -0.288 e. The Morgan fingerprint density at radius 3 is 1.45 bits per heavy atom. The van der Waals surface area contributed by atoms with E-state index < -0.39 is 0 Å². The molecule has 0 spiro atoms. The fourth-order valence-electron chi connectivity index (χ4n) is 1.96. The minimum absolute atomic E-state index is 0. The third-order valence-electron chi connectivity index (χ3n) is 2.85. The van der Waals surface area contributed by atoms with Gasteiger partial charge in [-0.05, 0) is 0 Å². The molecule has 22 heavy (non-hydrogen) atoms. The monoisotopic (exact) mass is 456 g/mol. The Bertz CT molecular complexity index is 1030. The van der Waals surface area contributed by atoms with E-state index in [0.717, 1.165) is 22.7 Å². The first kappa shape index (κ1) is 18.5. The Kier molecular flexibility index (Phi) is 5.98. The van der Waals surface area contributed by atoms with Crippen LogP contribution in [0.1, 0.15) is 9.75 Å². The first-order chi connectivity index (χ1) is 9.67. The van der Waals surface area contributed by atoms with Gasteiger partial charge in [0, 0.05) is 10.8 Å². The number of fused-ring (bicyclic) bond motifs is 1. The van der Waals surface area contributed by atoms with Gasteiger partial charge < -0.3 is 0 Å². The molecule has 8 heteroatoms. The standard InChI is InChI=1S/C14H4N2O2S2.2BrH/c15-5-9-10(6-16)20-14-12(18)8-4-2-1-3-7(8)11(17)13(14)19-9;;/h1-4H;2*1H. The van der Waals surface area contributed by atoms with Gasteiger partial charge in [-0.25, -0.2) is 0 Å².